The molecule has 1 aromatic carbocycles. The summed E-state index contributed by atoms with van der Waals surface area (Å²) in [5, 5.41) is 14.6. The van der Waals surface area contributed by atoms with Gasteiger partial charge in [-0.1, -0.05) is 6.07 Å². The van der Waals surface area contributed by atoms with E-state index in [1.54, 1.807) is 0 Å². The van der Waals surface area contributed by atoms with Crippen LogP contribution in [0.25, 0.3) is 0 Å². The molecule has 0 aliphatic carbocycles. The van der Waals surface area contributed by atoms with Crippen molar-refractivity contribution in [2.45, 2.75) is 18.4 Å². The van der Waals surface area contributed by atoms with Gasteiger partial charge in [-0.15, -0.1) is 0 Å². The Bertz CT molecular complexity index is 470. The summed E-state index contributed by atoms with van der Waals surface area (Å²) >= 11 is 0. The highest BCUT2D eigenvalue weighted by molar-refractivity contribution is 5.89. The molecule has 2 amide bonds. The number of aliphatic hydroxyl groups is 1. The van der Waals surface area contributed by atoms with Crippen LogP contribution >= 0.6 is 0 Å². The Morgan fingerprint density at radius 2 is 1.90 bits per heavy atom. The fourth-order valence-corrected chi connectivity index (χ4v) is 1.95. The number of hydrogen-bond donors (Lipinski definition) is 3. The molecular weight excluding hydrogens is 270 g/mol. The van der Waals surface area contributed by atoms with Gasteiger partial charge in [0.2, 0.25) is 0 Å². The van der Waals surface area contributed by atoms with E-state index in [1.165, 1.54) is 6.07 Å². The Morgan fingerprint density at radius 1 is 1.30 bits per heavy atom. The molecule has 0 aromatic heterocycles. The van der Waals surface area contributed by atoms with Crippen molar-refractivity contribution in [2.75, 3.05) is 25.1 Å². The summed E-state index contributed by atoms with van der Waals surface area (Å²) in [4.78, 5) is 11.6. The maximum Gasteiger partial charge on any atom is 0.319 e. The molecule has 5 nitrogen and oxygen atoms in total. The van der Waals surface area contributed by atoms with Gasteiger partial charge in [-0.3, -0.25) is 0 Å². The zero-order valence-corrected chi connectivity index (χ0v) is 10.8. The van der Waals surface area contributed by atoms with Crippen molar-refractivity contribution < 1.29 is 23.4 Å². The molecule has 0 atom stereocenters. The summed E-state index contributed by atoms with van der Waals surface area (Å²) in [7, 11) is 0. The number of rotatable bonds is 3. The van der Waals surface area contributed by atoms with Crippen LogP contribution in [0.15, 0.2) is 18.2 Å². The van der Waals surface area contributed by atoms with E-state index in [1.807, 2.05) is 0 Å². The first-order valence-electron chi connectivity index (χ1n) is 6.29. The number of carbonyl (C=O) groups is 1. The summed E-state index contributed by atoms with van der Waals surface area (Å²) in [5.74, 6) is -1.71. The number of ether oxygens (including phenoxy) is 1. The van der Waals surface area contributed by atoms with Crippen molar-refractivity contribution in [3.8, 4) is 0 Å². The van der Waals surface area contributed by atoms with Gasteiger partial charge in [-0.2, -0.15) is 0 Å². The number of carbonyl (C=O) groups excluding carboxylic acids is 1. The highest BCUT2D eigenvalue weighted by Gasteiger charge is 2.30. The first-order valence-corrected chi connectivity index (χ1v) is 6.29. The first kappa shape index (κ1) is 14.7. The molecule has 0 saturated carbocycles. The predicted molar refractivity (Wildman–Crippen MR) is 68.4 cm³/mol. The molecule has 1 heterocycles. The summed E-state index contributed by atoms with van der Waals surface area (Å²) in [6.45, 7) is 0.835. The number of benzene rings is 1. The van der Waals surface area contributed by atoms with Gasteiger partial charge in [0.05, 0.1) is 5.60 Å². The number of amides is 2. The molecule has 7 heteroatoms. The Hall–Kier alpha value is -1.73. The van der Waals surface area contributed by atoms with Crippen molar-refractivity contribution in [3.05, 3.63) is 29.8 Å². The molecule has 2 rings (SSSR count). The van der Waals surface area contributed by atoms with Crippen molar-refractivity contribution >= 4 is 11.7 Å². The fraction of sp³-hybridized carbons (Fsp3) is 0.462. The molecule has 3 N–H and O–H groups in total. The molecule has 0 bridgehead atoms. The summed E-state index contributed by atoms with van der Waals surface area (Å²) in [6.07, 6.45) is 0.808. The summed E-state index contributed by atoms with van der Waals surface area (Å²) < 4.78 is 31.8. The van der Waals surface area contributed by atoms with Gasteiger partial charge in [0.15, 0.2) is 0 Å². The van der Waals surface area contributed by atoms with Crippen LogP contribution in [0.3, 0.4) is 0 Å². The van der Waals surface area contributed by atoms with Crippen LogP contribution in [0.2, 0.25) is 0 Å². The first-order chi connectivity index (χ1) is 9.50. The van der Waals surface area contributed by atoms with Crippen molar-refractivity contribution in [2.24, 2.45) is 0 Å². The minimum atomic E-state index is -1.04. The lowest BCUT2D eigenvalue weighted by atomic mass is 9.94. The highest BCUT2D eigenvalue weighted by Crippen LogP contribution is 2.20. The Labute approximate surface area is 114 Å². The molecule has 1 saturated heterocycles. The SMILES string of the molecule is O=C(NCC1(O)CCOCC1)Nc1c(F)cccc1F. The van der Waals surface area contributed by atoms with Crippen LogP contribution in [-0.4, -0.2) is 36.5 Å². The second kappa shape index (κ2) is 6.15. The van der Waals surface area contributed by atoms with Crippen molar-refractivity contribution in [1.82, 2.24) is 5.32 Å². The lowest BCUT2D eigenvalue weighted by Crippen LogP contribution is -2.47. The van der Waals surface area contributed by atoms with Gasteiger partial charge in [-0.25, -0.2) is 13.6 Å². The molecule has 1 aromatic rings. The molecular formula is C13H16F2N2O3. The lowest BCUT2D eigenvalue weighted by molar-refractivity contribution is -0.0598. The minimum Gasteiger partial charge on any atom is -0.388 e. The van der Waals surface area contributed by atoms with Crippen molar-refractivity contribution in [1.29, 1.82) is 0 Å². The molecule has 1 fully saturated rings. The Kier molecular flexibility index (Phi) is 4.51. The number of nitrogens with one attached hydrogen (secondary N) is 2. The summed E-state index contributed by atoms with van der Waals surface area (Å²) in [6, 6.07) is 2.53. The maximum absolute atomic E-state index is 13.3. The third kappa shape index (κ3) is 3.64. The van der Waals surface area contributed by atoms with Gasteiger partial charge < -0.3 is 20.5 Å². The average Bonchev–Trinajstić information content (AvgIpc) is 2.42. The standard InChI is InChI=1S/C13H16F2N2O3/c14-9-2-1-3-10(15)11(9)17-12(18)16-8-13(19)4-6-20-7-5-13/h1-3,19H,4-8H2,(H2,16,17,18). The van der Waals surface area contributed by atoms with E-state index in [9.17, 15) is 18.7 Å². The van der Waals surface area contributed by atoms with E-state index in [4.69, 9.17) is 4.74 Å². The van der Waals surface area contributed by atoms with Crippen molar-refractivity contribution in [3.63, 3.8) is 0 Å². The van der Waals surface area contributed by atoms with E-state index in [2.05, 4.69) is 10.6 Å². The van der Waals surface area contributed by atoms with Gasteiger partial charge in [0, 0.05) is 32.6 Å². The molecule has 1 aliphatic heterocycles. The largest absolute Gasteiger partial charge is 0.388 e. The third-order valence-electron chi connectivity index (χ3n) is 3.20. The van der Waals surface area contributed by atoms with Crippen LogP contribution < -0.4 is 10.6 Å². The zero-order valence-electron chi connectivity index (χ0n) is 10.8. The summed E-state index contributed by atoms with van der Waals surface area (Å²) in [5.41, 5.74) is -1.55. The average molecular weight is 286 g/mol. The minimum absolute atomic E-state index is 0.00172. The number of halogens is 2. The Morgan fingerprint density at radius 3 is 2.50 bits per heavy atom. The molecule has 0 spiro atoms. The number of para-hydroxylation sites is 1. The monoisotopic (exact) mass is 286 g/mol. The number of anilines is 1. The van der Waals surface area contributed by atoms with Crippen LogP contribution in [0.4, 0.5) is 19.3 Å². The van der Waals surface area contributed by atoms with Gasteiger partial charge >= 0.3 is 6.03 Å². The van der Waals surface area contributed by atoms with E-state index < -0.39 is 29.0 Å². The molecule has 110 valence electrons. The van der Waals surface area contributed by atoms with Crippen LogP contribution in [0.1, 0.15) is 12.8 Å². The van der Waals surface area contributed by atoms with Gasteiger partial charge in [0.25, 0.3) is 0 Å². The van der Waals surface area contributed by atoms with E-state index in [0.29, 0.717) is 26.1 Å². The van der Waals surface area contributed by atoms with Gasteiger partial charge in [-0.05, 0) is 12.1 Å². The maximum atomic E-state index is 13.3. The highest BCUT2D eigenvalue weighted by atomic mass is 19.1. The molecule has 1 aliphatic rings. The zero-order chi connectivity index (χ0) is 14.6. The van der Waals surface area contributed by atoms with Gasteiger partial charge in [0.1, 0.15) is 17.3 Å². The van der Waals surface area contributed by atoms with E-state index in [0.717, 1.165) is 12.1 Å². The number of hydrogen-bond acceptors (Lipinski definition) is 3. The predicted octanol–water partition coefficient (Wildman–Crippen LogP) is 1.63. The van der Waals surface area contributed by atoms with E-state index >= 15 is 0 Å². The third-order valence-corrected chi connectivity index (χ3v) is 3.20. The van der Waals surface area contributed by atoms with E-state index in [-0.39, 0.29) is 6.54 Å². The fourth-order valence-electron chi connectivity index (χ4n) is 1.95. The second-order valence-electron chi connectivity index (χ2n) is 4.74. The topological polar surface area (TPSA) is 70.6 Å². The number of urea groups is 1. The quantitative estimate of drug-likeness (QED) is 0.791. The molecule has 0 unspecified atom stereocenters. The molecule has 20 heavy (non-hydrogen) atoms. The Balaban J connectivity index is 1.89. The van der Waals surface area contributed by atoms with Crippen LogP contribution in [-0.2, 0) is 4.74 Å². The lowest BCUT2D eigenvalue weighted by Gasteiger charge is -2.32. The molecule has 0 radical (unpaired) electrons. The smallest absolute Gasteiger partial charge is 0.319 e. The van der Waals surface area contributed by atoms with Crippen LogP contribution in [0, 0.1) is 11.6 Å². The normalized spacial score (nSPS) is 17.6. The van der Waals surface area contributed by atoms with Crippen LogP contribution in [0.5, 0.6) is 0 Å². The second-order valence-corrected chi connectivity index (χ2v) is 4.74.